The number of ketones is 1. The van der Waals surface area contributed by atoms with Gasteiger partial charge in [-0.15, -0.1) is 0 Å². The second-order valence-corrected chi connectivity index (χ2v) is 11.1. The normalized spacial score (nSPS) is 16.5. The van der Waals surface area contributed by atoms with Gasteiger partial charge in [-0.2, -0.15) is 0 Å². The third-order valence-electron chi connectivity index (χ3n) is 7.52. The molecule has 0 unspecified atom stereocenters. The molecule has 0 bridgehead atoms. The van der Waals surface area contributed by atoms with Gasteiger partial charge in [0.2, 0.25) is 0 Å². The Bertz CT molecular complexity index is 1460. The van der Waals surface area contributed by atoms with Gasteiger partial charge in [0.25, 0.3) is 11.8 Å². The second kappa shape index (κ2) is 13.3. The lowest BCUT2D eigenvalue weighted by Gasteiger charge is -2.27. The highest BCUT2D eigenvalue weighted by atomic mass is 35.5. The van der Waals surface area contributed by atoms with Crippen molar-refractivity contribution in [1.29, 1.82) is 0 Å². The Kier molecular flexibility index (Phi) is 9.34. The number of likely N-dealkylation sites (N-methyl/N-ethyl adjacent to an activating group) is 1. The lowest BCUT2D eigenvalue weighted by atomic mass is 9.96. The maximum absolute atomic E-state index is 14.2. The largest absolute Gasteiger partial charge is 0.489 e. The number of nitrogens with zero attached hydrogens (tertiary/aromatic N) is 3. The molecule has 42 heavy (non-hydrogen) atoms. The number of carbonyl (C=O) groups is 3. The van der Waals surface area contributed by atoms with Crippen molar-refractivity contribution in [3.63, 3.8) is 0 Å². The molecule has 2 N–H and O–H groups in total. The summed E-state index contributed by atoms with van der Waals surface area (Å²) in [5.41, 5.74) is 1.28. The van der Waals surface area contributed by atoms with Gasteiger partial charge in [-0.25, -0.2) is 9.37 Å². The van der Waals surface area contributed by atoms with Crippen molar-refractivity contribution in [3.8, 4) is 5.75 Å². The predicted octanol–water partition coefficient (Wildman–Crippen LogP) is 5.41. The van der Waals surface area contributed by atoms with Crippen molar-refractivity contribution < 1.29 is 23.5 Å². The molecule has 11 heteroatoms. The van der Waals surface area contributed by atoms with Crippen LogP contribution in [0.3, 0.4) is 0 Å². The summed E-state index contributed by atoms with van der Waals surface area (Å²) in [6, 6.07) is 12.1. The van der Waals surface area contributed by atoms with Crippen molar-refractivity contribution in [1.82, 2.24) is 9.88 Å². The summed E-state index contributed by atoms with van der Waals surface area (Å²) in [5, 5.41) is 5.77. The number of amides is 2. The van der Waals surface area contributed by atoms with E-state index in [0.29, 0.717) is 36.5 Å². The maximum atomic E-state index is 14.2. The zero-order valence-corrected chi connectivity index (χ0v) is 24.1. The first-order chi connectivity index (χ1) is 20.2. The summed E-state index contributed by atoms with van der Waals surface area (Å²) in [6.45, 7) is 3.65. The van der Waals surface area contributed by atoms with Crippen LogP contribution >= 0.6 is 11.6 Å². The molecule has 2 aromatic carbocycles. The number of halogens is 2. The zero-order chi connectivity index (χ0) is 29.6. The molecule has 1 aliphatic carbocycles. The fourth-order valence-corrected chi connectivity index (χ4v) is 5.26. The number of benzene rings is 2. The van der Waals surface area contributed by atoms with Gasteiger partial charge < -0.3 is 25.2 Å². The molecule has 9 nitrogen and oxygen atoms in total. The Balaban J connectivity index is 1.40. The van der Waals surface area contributed by atoms with Gasteiger partial charge in [0, 0.05) is 50.4 Å². The van der Waals surface area contributed by atoms with Crippen LogP contribution in [-0.2, 0) is 4.79 Å². The molecule has 5 rings (SSSR count). The summed E-state index contributed by atoms with van der Waals surface area (Å²) in [6.07, 6.45) is 4.25. The van der Waals surface area contributed by atoms with Crippen molar-refractivity contribution in [2.24, 2.45) is 0 Å². The van der Waals surface area contributed by atoms with Gasteiger partial charge in [0.05, 0.1) is 27.9 Å². The van der Waals surface area contributed by atoms with Crippen LogP contribution in [0.15, 0.2) is 54.7 Å². The highest BCUT2D eigenvalue weighted by Crippen LogP contribution is 2.31. The van der Waals surface area contributed by atoms with E-state index in [0.717, 1.165) is 44.4 Å². The fraction of sp³-hybridized carbons (Fsp3) is 0.355. The minimum Gasteiger partial charge on any atom is -0.489 e. The number of Topliss-reactive ketones (excluding diaryl/α,β-unsaturated/α-hetero) is 1. The van der Waals surface area contributed by atoms with E-state index in [9.17, 15) is 18.8 Å². The molecule has 2 fully saturated rings. The van der Waals surface area contributed by atoms with E-state index in [1.165, 1.54) is 24.4 Å². The van der Waals surface area contributed by atoms with Crippen molar-refractivity contribution in [2.45, 2.75) is 38.2 Å². The van der Waals surface area contributed by atoms with Crippen LogP contribution in [0.1, 0.15) is 52.8 Å². The van der Waals surface area contributed by atoms with Crippen LogP contribution in [0.2, 0.25) is 5.02 Å². The van der Waals surface area contributed by atoms with Gasteiger partial charge in [-0.05, 0) is 75.3 Å². The molecule has 1 saturated carbocycles. The van der Waals surface area contributed by atoms with E-state index in [4.69, 9.17) is 16.3 Å². The Morgan fingerprint density at radius 3 is 2.50 bits per heavy atom. The van der Waals surface area contributed by atoms with Crippen molar-refractivity contribution in [2.75, 3.05) is 48.8 Å². The van der Waals surface area contributed by atoms with Crippen LogP contribution in [0.4, 0.5) is 21.6 Å². The molecule has 3 aromatic rings. The van der Waals surface area contributed by atoms with Crippen LogP contribution in [-0.4, -0.2) is 66.8 Å². The molecule has 2 aliphatic rings. The number of anilines is 3. The van der Waals surface area contributed by atoms with E-state index in [1.54, 1.807) is 12.1 Å². The SMILES string of the molecule is CN1CCCN(c2ccc(C(=O)Nc3ccc(F)cc3C(=O)Nc3ccc(Cl)cn3)c(OC3CCC(=O)CC3)c2)CC1. The first-order valence-electron chi connectivity index (χ1n) is 14.0. The monoisotopic (exact) mass is 593 g/mol. The molecule has 1 aromatic heterocycles. The molecule has 0 radical (unpaired) electrons. The molecule has 220 valence electrons. The molecular weight excluding hydrogens is 561 g/mol. The number of ether oxygens (including phenoxy) is 1. The molecule has 1 saturated heterocycles. The number of pyridine rings is 1. The zero-order valence-electron chi connectivity index (χ0n) is 23.4. The smallest absolute Gasteiger partial charge is 0.259 e. The Labute approximate surface area is 249 Å². The number of rotatable bonds is 7. The highest BCUT2D eigenvalue weighted by Gasteiger charge is 2.25. The van der Waals surface area contributed by atoms with Crippen molar-refractivity contribution in [3.05, 3.63) is 76.7 Å². The van der Waals surface area contributed by atoms with Crippen molar-refractivity contribution >= 4 is 46.4 Å². The lowest BCUT2D eigenvalue weighted by Crippen LogP contribution is -2.29. The van der Waals surface area contributed by atoms with E-state index in [1.807, 2.05) is 12.1 Å². The van der Waals surface area contributed by atoms with Gasteiger partial charge in [-0.3, -0.25) is 14.4 Å². The van der Waals surface area contributed by atoms with Gasteiger partial charge in [-0.1, -0.05) is 11.6 Å². The number of hydrogen-bond acceptors (Lipinski definition) is 7. The summed E-state index contributed by atoms with van der Waals surface area (Å²) in [5.74, 6) is -0.950. The summed E-state index contributed by atoms with van der Waals surface area (Å²) in [4.78, 5) is 47.1. The average molecular weight is 594 g/mol. The lowest BCUT2D eigenvalue weighted by molar-refractivity contribution is -0.121. The number of nitrogens with one attached hydrogen (secondary N) is 2. The number of hydrogen-bond donors (Lipinski definition) is 2. The molecular formula is C31H33ClFN5O4. The summed E-state index contributed by atoms with van der Waals surface area (Å²) < 4.78 is 20.6. The fourth-order valence-electron chi connectivity index (χ4n) is 5.14. The second-order valence-electron chi connectivity index (χ2n) is 10.6. The third kappa shape index (κ3) is 7.43. The van der Waals surface area contributed by atoms with Crippen LogP contribution in [0, 0.1) is 5.82 Å². The van der Waals surface area contributed by atoms with Crippen LogP contribution in [0.5, 0.6) is 5.75 Å². The van der Waals surface area contributed by atoms with Crippen LogP contribution < -0.4 is 20.3 Å². The predicted molar refractivity (Wildman–Crippen MR) is 160 cm³/mol. The summed E-state index contributed by atoms with van der Waals surface area (Å²) in [7, 11) is 2.10. The van der Waals surface area contributed by atoms with E-state index < -0.39 is 17.6 Å². The standard InChI is InChI=1S/C31H33ClFN5O4/c1-37-13-2-14-38(16-15-37)22-5-10-25(28(18-22)42-24-8-6-23(39)7-9-24)30(40)35-27-11-4-21(33)17-26(27)31(41)36-29-12-3-20(32)19-34-29/h3-5,10-12,17-19,24H,2,6-9,13-16H2,1H3,(H,35,40)(H,34,36,41). The first-order valence-corrected chi connectivity index (χ1v) is 14.4. The Morgan fingerprint density at radius 1 is 0.952 bits per heavy atom. The molecule has 2 heterocycles. The average Bonchev–Trinajstić information content (AvgIpc) is 3.20. The van der Waals surface area contributed by atoms with Gasteiger partial charge in [0.15, 0.2) is 0 Å². The van der Waals surface area contributed by atoms with E-state index >= 15 is 0 Å². The van der Waals surface area contributed by atoms with Crippen LogP contribution in [0.25, 0.3) is 0 Å². The Hall–Kier alpha value is -4.02. The van der Waals surface area contributed by atoms with Gasteiger partial charge >= 0.3 is 0 Å². The minimum atomic E-state index is -0.649. The first kappa shape index (κ1) is 29.5. The van der Waals surface area contributed by atoms with E-state index in [2.05, 4.69) is 32.5 Å². The highest BCUT2D eigenvalue weighted by molar-refractivity contribution is 6.30. The number of aromatic nitrogens is 1. The van der Waals surface area contributed by atoms with Gasteiger partial charge in [0.1, 0.15) is 23.2 Å². The molecule has 0 spiro atoms. The quantitative estimate of drug-likeness (QED) is 0.377. The Morgan fingerprint density at radius 2 is 1.74 bits per heavy atom. The topological polar surface area (TPSA) is 104 Å². The third-order valence-corrected chi connectivity index (χ3v) is 7.75. The summed E-state index contributed by atoms with van der Waals surface area (Å²) >= 11 is 5.87. The minimum absolute atomic E-state index is 0.0707. The molecule has 0 atom stereocenters. The molecule has 1 aliphatic heterocycles. The number of carbonyl (C=O) groups excluding carboxylic acids is 3. The molecule has 2 amide bonds. The maximum Gasteiger partial charge on any atom is 0.259 e. The van der Waals surface area contributed by atoms with E-state index in [-0.39, 0.29) is 34.5 Å².